The second-order valence-corrected chi connectivity index (χ2v) is 11.2. The number of hydrogen-bond acceptors (Lipinski definition) is 7. The first-order valence-corrected chi connectivity index (χ1v) is 15.2. The van der Waals surface area contributed by atoms with Crippen LogP contribution in [-0.4, -0.2) is 75.9 Å². The fourth-order valence-corrected chi connectivity index (χ4v) is 5.04. The molecule has 43 heavy (non-hydrogen) atoms. The average molecular weight is 611 g/mol. The van der Waals surface area contributed by atoms with E-state index >= 15 is 0 Å². The van der Waals surface area contributed by atoms with E-state index in [0.29, 0.717) is 11.3 Å². The average Bonchev–Trinajstić information content (AvgIpc) is 3.39. The van der Waals surface area contributed by atoms with Gasteiger partial charge in [-0.3, -0.25) is 19.2 Å². The Kier molecular flexibility index (Phi) is 12.6. The Balaban J connectivity index is 1.72. The largest absolute Gasteiger partial charge is 0.480 e. The van der Waals surface area contributed by atoms with Gasteiger partial charge >= 0.3 is 5.97 Å². The van der Waals surface area contributed by atoms with Crippen molar-refractivity contribution in [3.05, 3.63) is 71.9 Å². The van der Waals surface area contributed by atoms with Crippen LogP contribution in [0, 0.1) is 0 Å². The number of benzene rings is 2. The number of nitrogens with one attached hydrogen (secondary N) is 4. The predicted octanol–water partition coefficient (Wildman–Crippen LogP) is 0.838. The summed E-state index contributed by atoms with van der Waals surface area (Å²) in [5, 5.41) is 18.4. The Morgan fingerprint density at radius 3 is 2.09 bits per heavy atom. The number of hydrogen-bond donors (Lipinski definition) is 7. The molecule has 4 amide bonds. The van der Waals surface area contributed by atoms with Crippen LogP contribution in [0.15, 0.2) is 60.8 Å². The summed E-state index contributed by atoms with van der Waals surface area (Å²) in [6.45, 7) is 0. The van der Waals surface area contributed by atoms with Gasteiger partial charge in [0.15, 0.2) is 0 Å². The van der Waals surface area contributed by atoms with E-state index in [1.165, 1.54) is 11.8 Å². The Morgan fingerprint density at radius 2 is 1.44 bits per heavy atom. The Morgan fingerprint density at radius 1 is 0.837 bits per heavy atom. The van der Waals surface area contributed by atoms with Crippen LogP contribution in [0.1, 0.15) is 30.4 Å². The summed E-state index contributed by atoms with van der Waals surface area (Å²) >= 11 is 1.47. The number of thioether (sulfide) groups is 1. The van der Waals surface area contributed by atoms with Gasteiger partial charge in [0.05, 0.1) is 6.04 Å². The summed E-state index contributed by atoms with van der Waals surface area (Å²) in [6, 6.07) is 12.0. The lowest BCUT2D eigenvalue weighted by Gasteiger charge is -2.25. The van der Waals surface area contributed by atoms with E-state index in [1.54, 1.807) is 6.20 Å². The van der Waals surface area contributed by atoms with Gasteiger partial charge in [-0.25, -0.2) is 4.79 Å². The third-order valence-corrected chi connectivity index (χ3v) is 7.55. The minimum absolute atomic E-state index is 0.0206. The van der Waals surface area contributed by atoms with E-state index in [-0.39, 0.29) is 32.1 Å². The Hall–Kier alpha value is -4.36. The van der Waals surface area contributed by atoms with Crippen LogP contribution in [0.2, 0.25) is 0 Å². The molecule has 1 aromatic heterocycles. The number of aromatic nitrogens is 1. The molecule has 0 saturated heterocycles. The zero-order chi connectivity index (χ0) is 31.4. The molecule has 0 saturated carbocycles. The van der Waals surface area contributed by atoms with Gasteiger partial charge in [-0.05, 0) is 48.5 Å². The molecule has 2 aromatic carbocycles. The van der Waals surface area contributed by atoms with Crippen molar-refractivity contribution in [3.63, 3.8) is 0 Å². The molecule has 12 nitrogen and oxygen atoms in total. The first kappa shape index (κ1) is 33.1. The minimum Gasteiger partial charge on any atom is -0.480 e. The van der Waals surface area contributed by atoms with Crippen molar-refractivity contribution >= 4 is 52.3 Å². The number of fused-ring (bicyclic) bond motifs is 1. The summed E-state index contributed by atoms with van der Waals surface area (Å²) in [7, 11) is 0. The van der Waals surface area contributed by atoms with Gasteiger partial charge in [0.25, 0.3) is 0 Å². The quantitative estimate of drug-likeness (QED) is 0.116. The molecule has 0 spiro atoms. The molecule has 4 atom stereocenters. The number of carbonyl (C=O) groups excluding carboxylic acids is 4. The molecular formula is C30H38N6O6S. The van der Waals surface area contributed by atoms with Gasteiger partial charge in [-0.15, -0.1) is 0 Å². The molecule has 0 radical (unpaired) electrons. The van der Waals surface area contributed by atoms with E-state index < -0.39 is 53.8 Å². The standard InChI is InChI=1S/C30H38N6O6S/c1-43-14-13-24(34-27(38)21(31)15-18-7-3-2-4-8-18)29(40)35-23(11-12-26(32)37)28(39)36-25(30(41)42)16-19-17-33-22-10-6-5-9-20(19)22/h2-10,17,21,23-25,33H,11-16,31H2,1H3,(H2,32,37)(H,34,38)(H,35,40)(H,36,39)(H,41,42). The molecule has 0 aliphatic carbocycles. The number of para-hydroxylation sites is 1. The normalized spacial score (nSPS) is 13.8. The Bertz CT molecular complexity index is 1410. The maximum absolute atomic E-state index is 13.4. The van der Waals surface area contributed by atoms with Gasteiger partial charge in [0.1, 0.15) is 18.1 Å². The molecular weight excluding hydrogens is 572 g/mol. The second kappa shape index (κ2) is 16.3. The topological polar surface area (TPSA) is 209 Å². The predicted molar refractivity (Wildman–Crippen MR) is 165 cm³/mol. The third kappa shape index (κ3) is 10.1. The van der Waals surface area contributed by atoms with Crippen molar-refractivity contribution in [2.75, 3.05) is 12.0 Å². The summed E-state index contributed by atoms with van der Waals surface area (Å²) in [5.41, 5.74) is 13.8. The van der Waals surface area contributed by atoms with Crippen molar-refractivity contribution < 1.29 is 29.1 Å². The lowest BCUT2D eigenvalue weighted by molar-refractivity contribution is -0.142. The van der Waals surface area contributed by atoms with Crippen molar-refractivity contribution in [3.8, 4) is 0 Å². The van der Waals surface area contributed by atoms with Crippen LogP contribution < -0.4 is 27.4 Å². The van der Waals surface area contributed by atoms with Crippen LogP contribution in [0.4, 0.5) is 0 Å². The van der Waals surface area contributed by atoms with Crippen LogP contribution in [0.3, 0.4) is 0 Å². The van der Waals surface area contributed by atoms with Crippen LogP contribution in [0.5, 0.6) is 0 Å². The lowest BCUT2D eigenvalue weighted by Crippen LogP contribution is -2.57. The van der Waals surface area contributed by atoms with Gasteiger partial charge in [-0.1, -0.05) is 48.5 Å². The second-order valence-electron chi connectivity index (χ2n) is 10.2. The smallest absolute Gasteiger partial charge is 0.326 e. The lowest BCUT2D eigenvalue weighted by atomic mass is 10.0. The van der Waals surface area contributed by atoms with Gasteiger partial charge in [-0.2, -0.15) is 11.8 Å². The van der Waals surface area contributed by atoms with Crippen LogP contribution in [-0.2, 0) is 36.8 Å². The van der Waals surface area contributed by atoms with Crippen LogP contribution >= 0.6 is 11.8 Å². The molecule has 0 bridgehead atoms. The molecule has 13 heteroatoms. The van der Waals surface area contributed by atoms with Gasteiger partial charge in [0, 0.05) is 29.9 Å². The highest BCUT2D eigenvalue weighted by atomic mass is 32.2. The summed E-state index contributed by atoms with van der Waals surface area (Å²) in [5.74, 6) is -3.43. The van der Waals surface area contributed by atoms with Crippen molar-refractivity contribution in [2.45, 2.75) is 56.3 Å². The molecule has 9 N–H and O–H groups in total. The fourth-order valence-electron chi connectivity index (χ4n) is 4.56. The summed E-state index contributed by atoms with van der Waals surface area (Å²) in [4.78, 5) is 66.3. The number of aliphatic carboxylic acids is 1. The first-order chi connectivity index (χ1) is 20.6. The Labute approximate surface area is 253 Å². The maximum Gasteiger partial charge on any atom is 0.326 e. The molecule has 230 valence electrons. The molecule has 4 unspecified atom stereocenters. The summed E-state index contributed by atoms with van der Waals surface area (Å²) in [6.07, 6.45) is 3.62. The van der Waals surface area contributed by atoms with E-state index in [9.17, 15) is 29.1 Å². The molecule has 0 fully saturated rings. The number of primary amides is 1. The van der Waals surface area contributed by atoms with E-state index in [2.05, 4.69) is 20.9 Å². The number of carbonyl (C=O) groups is 5. The fraction of sp³-hybridized carbons (Fsp3) is 0.367. The van der Waals surface area contributed by atoms with Crippen molar-refractivity contribution in [1.82, 2.24) is 20.9 Å². The monoisotopic (exact) mass is 610 g/mol. The number of rotatable bonds is 17. The number of aromatic amines is 1. The highest BCUT2D eigenvalue weighted by molar-refractivity contribution is 7.98. The number of nitrogens with two attached hydrogens (primary N) is 2. The third-order valence-electron chi connectivity index (χ3n) is 6.90. The summed E-state index contributed by atoms with van der Waals surface area (Å²) < 4.78 is 0. The van der Waals surface area contributed by atoms with Crippen molar-refractivity contribution in [2.24, 2.45) is 11.5 Å². The van der Waals surface area contributed by atoms with E-state index in [1.807, 2.05) is 60.9 Å². The van der Waals surface area contributed by atoms with Gasteiger partial charge < -0.3 is 37.5 Å². The highest BCUT2D eigenvalue weighted by Gasteiger charge is 2.31. The molecule has 3 aromatic rings. The molecule has 0 aliphatic rings. The van der Waals surface area contributed by atoms with E-state index in [0.717, 1.165) is 16.5 Å². The number of H-pyrrole nitrogens is 1. The molecule has 3 rings (SSSR count). The number of carboxylic acids is 1. The zero-order valence-corrected chi connectivity index (χ0v) is 24.7. The van der Waals surface area contributed by atoms with Crippen molar-refractivity contribution in [1.29, 1.82) is 0 Å². The number of carboxylic acid groups (broad SMARTS) is 1. The zero-order valence-electron chi connectivity index (χ0n) is 23.9. The molecule has 1 heterocycles. The van der Waals surface area contributed by atoms with Gasteiger partial charge in [0.2, 0.25) is 23.6 Å². The number of amides is 4. The first-order valence-electron chi connectivity index (χ1n) is 13.8. The molecule has 0 aliphatic heterocycles. The minimum atomic E-state index is -1.32. The van der Waals surface area contributed by atoms with E-state index in [4.69, 9.17) is 11.5 Å². The highest BCUT2D eigenvalue weighted by Crippen LogP contribution is 2.19. The SMILES string of the molecule is CSCCC(NC(=O)C(N)Cc1ccccc1)C(=O)NC(CCC(N)=O)C(=O)NC(Cc1c[nH]c2ccccc12)C(=O)O. The van der Waals surface area contributed by atoms with Crippen LogP contribution in [0.25, 0.3) is 10.9 Å². The maximum atomic E-state index is 13.4.